The van der Waals surface area contributed by atoms with Crippen LogP contribution in [0.15, 0.2) is 96.5 Å². The Labute approximate surface area is 234 Å². The number of rotatable bonds is 10. The first-order valence-electron chi connectivity index (χ1n) is 13.3. The van der Waals surface area contributed by atoms with Gasteiger partial charge >= 0.3 is 0 Å². The minimum atomic E-state index is 0.698. The Morgan fingerprint density at radius 1 is 0.949 bits per heavy atom. The second kappa shape index (κ2) is 12.3. The van der Waals surface area contributed by atoms with E-state index in [-0.39, 0.29) is 0 Å². The summed E-state index contributed by atoms with van der Waals surface area (Å²) in [6.45, 7) is 18.4. The molecule has 0 aliphatic heterocycles. The number of nitrogen functional groups attached to an aromatic ring is 1. The largest absolute Gasteiger partial charge is 0.397 e. The molecule has 39 heavy (non-hydrogen) atoms. The van der Waals surface area contributed by atoms with Crippen LogP contribution in [0.4, 0.5) is 11.4 Å². The predicted octanol–water partition coefficient (Wildman–Crippen LogP) is 9.17. The van der Waals surface area contributed by atoms with Crippen LogP contribution in [0, 0.1) is 26.0 Å². The SMILES string of the molecule is C=Cc1ccc(CCCc2ccc(C(=C)/C(C)=C(/c3c#cccc3C)c3ccccc3C)cc2)c(N)c1N=C. The van der Waals surface area contributed by atoms with Gasteiger partial charge in [-0.3, -0.25) is 4.99 Å². The maximum absolute atomic E-state index is 6.36. The van der Waals surface area contributed by atoms with Crippen molar-refractivity contribution in [2.75, 3.05) is 5.73 Å². The Kier molecular flexibility index (Phi) is 8.64. The van der Waals surface area contributed by atoms with Crippen molar-refractivity contribution in [3.8, 4) is 0 Å². The van der Waals surface area contributed by atoms with Crippen LogP contribution in [0.2, 0.25) is 0 Å². The van der Waals surface area contributed by atoms with E-state index in [0.29, 0.717) is 5.69 Å². The molecule has 0 spiro atoms. The molecule has 0 amide bonds. The van der Waals surface area contributed by atoms with Crippen LogP contribution in [0.25, 0.3) is 17.2 Å². The molecule has 2 N–H and O–H groups in total. The zero-order valence-electron chi connectivity index (χ0n) is 23.3. The van der Waals surface area contributed by atoms with E-state index in [1.807, 2.05) is 12.1 Å². The summed E-state index contributed by atoms with van der Waals surface area (Å²) >= 11 is 0. The molecule has 0 saturated carbocycles. The quantitative estimate of drug-likeness (QED) is 0.129. The number of nitrogens with two attached hydrogens (primary N) is 1. The molecule has 194 valence electrons. The van der Waals surface area contributed by atoms with Gasteiger partial charge in [-0.1, -0.05) is 92.0 Å². The smallest absolute Gasteiger partial charge is 0.0926 e. The lowest BCUT2D eigenvalue weighted by Crippen LogP contribution is -1.99. The van der Waals surface area contributed by atoms with Crippen LogP contribution in [-0.2, 0) is 12.8 Å². The van der Waals surface area contributed by atoms with Crippen molar-refractivity contribution in [1.82, 2.24) is 0 Å². The molecule has 4 rings (SSSR count). The van der Waals surface area contributed by atoms with Gasteiger partial charge in [-0.05, 0) is 103 Å². The van der Waals surface area contributed by atoms with Gasteiger partial charge in [0.15, 0.2) is 0 Å². The number of benzene rings is 3. The minimum absolute atomic E-state index is 0.698. The first-order valence-corrected chi connectivity index (χ1v) is 13.3. The van der Waals surface area contributed by atoms with Crippen LogP contribution in [-0.4, -0.2) is 6.72 Å². The van der Waals surface area contributed by atoms with Gasteiger partial charge in [-0.15, -0.1) is 0 Å². The molecular formula is C37H36N2. The van der Waals surface area contributed by atoms with Gasteiger partial charge in [0, 0.05) is 16.7 Å². The van der Waals surface area contributed by atoms with Gasteiger partial charge in [0.2, 0.25) is 0 Å². The fourth-order valence-electron chi connectivity index (χ4n) is 5.05. The van der Waals surface area contributed by atoms with Crippen LogP contribution in [0.3, 0.4) is 0 Å². The molecule has 0 fully saturated rings. The Bertz CT molecular complexity index is 1500. The molecule has 0 aromatic heterocycles. The number of nitrogens with zero attached hydrogens (tertiary/aromatic N) is 1. The summed E-state index contributed by atoms with van der Waals surface area (Å²) in [5, 5.41) is 0. The highest BCUT2D eigenvalue weighted by Gasteiger charge is 2.16. The van der Waals surface area contributed by atoms with E-state index in [0.717, 1.165) is 63.9 Å². The number of allylic oxidation sites excluding steroid dienone is 2. The Balaban J connectivity index is 1.55. The van der Waals surface area contributed by atoms with Crippen molar-refractivity contribution < 1.29 is 0 Å². The second-order valence-corrected chi connectivity index (χ2v) is 9.94. The molecular weight excluding hydrogens is 472 g/mol. The fourth-order valence-corrected chi connectivity index (χ4v) is 5.05. The van der Waals surface area contributed by atoms with Crippen molar-refractivity contribution >= 4 is 35.3 Å². The summed E-state index contributed by atoms with van der Waals surface area (Å²) in [6, 6.07) is 31.9. The molecule has 4 aromatic rings. The number of hydrogen-bond acceptors (Lipinski definition) is 2. The lowest BCUT2D eigenvalue weighted by atomic mass is 9.85. The summed E-state index contributed by atoms with van der Waals surface area (Å²) < 4.78 is 0. The average molecular weight is 509 g/mol. The van der Waals surface area contributed by atoms with Crippen molar-refractivity contribution in [2.45, 2.75) is 40.0 Å². The van der Waals surface area contributed by atoms with E-state index in [1.54, 1.807) is 6.08 Å². The molecule has 2 nitrogen and oxygen atoms in total. The fraction of sp³-hybridized carbons (Fsp3) is 0.162. The van der Waals surface area contributed by atoms with E-state index in [1.165, 1.54) is 22.3 Å². The average Bonchev–Trinajstić information content (AvgIpc) is 2.95. The number of aliphatic imine (C=N–C) groups is 1. The molecule has 0 unspecified atom stereocenters. The summed E-state index contributed by atoms with van der Waals surface area (Å²) in [5.41, 5.74) is 20.2. The third-order valence-electron chi connectivity index (χ3n) is 7.43. The van der Waals surface area contributed by atoms with Crippen LogP contribution in [0.5, 0.6) is 0 Å². The van der Waals surface area contributed by atoms with Crippen LogP contribution in [0.1, 0.15) is 57.9 Å². The summed E-state index contributed by atoms with van der Waals surface area (Å²) in [5.74, 6) is 0. The molecule has 0 atom stereocenters. The molecule has 0 aliphatic rings. The Morgan fingerprint density at radius 3 is 2.36 bits per heavy atom. The monoisotopic (exact) mass is 508 g/mol. The lowest BCUT2D eigenvalue weighted by molar-refractivity contribution is 0.822. The molecule has 4 aromatic carbocycles. The van der Waals surface area contributed by atoms with Crippen molar-refractivity contribution in [3.05, 3.63) is 148 Å². The standard InChI is InChI=1S/C37H36N2/c1-7-30-23-24-32(36(38)37(30)39-6)16-12-15-29-19-21-31(22-20-29)27(4)28(5)35(33-17-10-8-13-25(33)2)34-18-11-9-14-26(34)3/h7-10,13-14,17,19-24H,1,4,6,12,15-16,38H2,2-3,5H3/b35-28+. The number of aryl methyl sites for hydroxylation is 4. The maximum Gasteiger partial charge on any atom is 0.0926 e. The first kappa shape index (κ1) is 27.4. The third-order valence-corrected chi connectivity index (χ3v) is 7.43. The molecule has 0 aliphatic carbocycles. The van der Waals surface area contributed by atoms with E-state index in [2.05, 4.69) is 118 Å². The van der Waals surface area contributed by atoms with Crippen molar-refractivity contribution in [3.63, 3.8) is 0 Å². The van der Waals surface area contributed by atoms with E-state index < -0.39 is 0 Å². The zero-order chi connectivity index (χ0) is 27.9. The predicted molar refractivity (Wildman–Crippen MR) is 169 cm³/mol. The first-order chi connectivity index (χ1) is 18.8. The summed E-state index contributed by atoms with van der Waals surface area (Å²) in [6.07, 6.45) is 4.60. The van der Waals surface area contributed by atoms with E-state index in [4.69, 9.17) is 5.73 Å². The van der Waals surface area contributed by atoms with E-state index >= 15 is 0 Å². The third kappa shape index (κ3) is 5.95. The van der Waals surface area contributed by atoms with Gasteiger partial charge in [-0.2, -0.15) is 0 Å². The Morgan fingerprint density at radius 2 is 1.69 bits per heavy atom. The summed E-state index contributed by atoms with van der Waals surface area (Å²) in [7, 11) is 0. The van der Waals surface area contributed by atoms with Gasteiger partial charge in [-0.25, -0.2) is 0 Å². The molecule has 2 heteroatoms. The topological polar surface area (TPSA) is 38.4 Å². The lowest BCUT2D eigenvalue weighted by Gasteiger charge is -2.18. The minimum Gasteiger partial charge on any atom is -0.397 e. The Hall–Kier alpha value is -4.61. The number of anilines is 1. The van der Waals surface area contributed by atoms with Crippen LogP contribution < -0.4 is 5.73 Å². The highest BCUT2D eigenvalue weighted by atomic mass is 14.8. The highest BCUT2D eigenvalue weighted by Crippen LogP contribution is 2.36. The van der Waals surface area contributed by atoms with Gasteiger partial charge in [0.25, 0.3) is 0 Å². The molecule has 0 heterocycles. The summed E-state index contributed by atoms with van der Waals surface area (Å²) in [4.78, 5) is 4.11. The molecule has 0 saturated heterocycles. The molecule has 0 radical (unpaired) electrons. The van der Waals surface area contributed by atoms with Crippen molar-refractivity contribution in [1.29, 1.82) is 0 Å². The zero-order valence-corrected chi connectivity index (χ0v) is 23.3. The molecule has 0 bridgehead atoms. The second-order valence-electron chi connectivity index (χ2n) is 9.94. The van der Waals surface area contributed by atoms with Gasteiger partial charge in [0.05, 0.1) is 11.4 Å². The van der Waals surface area contributed by atoms with Crippen LogP contribution >= 0.6 is 0 Å². The van der Waals surface area contributed by atoms with E-state index in [9.17, 15) is 0 Å². The highest BCUT2D eigenvalue weighted by molar-refractivity contribution is 5.94. The van der Waals surface area contributed by atoms with Gasteiger partial charge < -0.3 is 5.73 Å². The van der Waals surface area contributed by atoms with Gasteiger partial charge in [0.1, 0.15) is 0 Å². The number of hydrogen-bond donors (Lipinski definition) is 1. The maximum atomic E-state index is 6.36. The normalized spacial score (nSPS) is 11.4. The van der Waals surface area contributed by atoms with Crippen molar-refractivity contribution in [2.24, 2.45) is 4.99 Å².